The number of hydrogen-bond acceptors (Lipinski definition) is 8. The van der Waals surface area contributed by atoms with E-state index in [2.05, 4.69) is 31.2 Å². The monoisotopic (exact) mass is 511 g/mol. The first kappa shape index (κ1) is 24.1. The van der Waals surface area contributed by atoms with Gasteiger partial charge in [0.15, 0.2) is 11.5 Å². The highest BCUT2D eigenvalue weighted by molar-refractivity contribution is 6.13. The second-order valence-corrected chi connectivity index (χ2v) is 9.68. The number of aliphatic imine (C=N–C) groups is 1. The summed E-state index contributed by atoms with van der Waals surface area (Å²) >= 11 is 0. The number of anilines is 1. The van der Waals surface area contributed by atoms with Crippen molar-refractivity contribution in [3.63, 3.8) is 0 Å². The molecule has 0 saturated carbocycles. The number of rotatable bonds is 5. The molecular formula is C27H29N9O2. The molecule has 0 atom stereocenters. The minimum absolute atomic E-state index is 0.155. The van der Waals surface area contributed by atoms with Gasteiger partial charge >= 0.3 is 6.03 Å². The van der Waals surface area contributed by atoms with E-state index in [1.54, 1.807) is 23.5 Å². The highest BCUT2D eigenvalue weighted by Crippen LogP contribution is 2.27. The van der Waals surface area contributed by atoms with Gasteiger partial charge in [0.05, 0.1) is 36.3 Å². The minimum Gasteiger partial charge on any atom is -0.378 e. The van der Waals surface area contributed by atoms with Gasteiger partial charge in [-0.3, -0.25) is 15.0 Å². The van der Waals surface area contributed by atoms with Crippen molar-refractivity contribution in [2.45, 2.75) is 13.0 Å². The normalized spacial score (nSPS) is 15.4. The summed E-state index contributed by atoms with van der Waals surface area (Å²) in [6.07, 6.45) is 7.82. The van der Waals surface area contributed by atoms with Crippen LogP contribution in [0.5, 0.6) is 0 Å². The first-order valence-electron chi connectivity index (χ1n) is 12.7. The Morgan fingerprint density at radius 2 is 1.97 bits per heavy atom. The highest BCUT2D eigenvalue weighted by atomic mass is 16.5. The molecule has 0 radical (unpaired) electrons. The van der Waals surface area contributed by atoms with E-state index in [9.17, 15) is 4.79 Å². The zero-order valence-corrected chi connectivity index (χ0v) is 21.4. The van der Waals surface area contributed by atoms with Gasteiger partial charge in [-0.25, -0.2) is 14.8 Å². The number of amides is 2. The lowest BCUT2D eigenvalue weighted by atomic mass is 9.98. The van der Waals surface area contributed by atoms with Crippen LogP contribution in [-0.2, 0) is 17.7 Å². The number of carbonyl (C=O) groups is 1. The van der Waals surface area contributed by atoms with Gasteiger partial charge in [0.25, 0.3) is 0 Å². The third-order valence-electron chi connectivity index (χ3n) is 6.65. The van der Waals surface area contributed by atoms with Crippen molar-refractivity contribution < 1.29 is 9.53 Å². The Morgan fingerprint density at radius 1 is 1.13 bits per heavy atom. The van der Waals surface area contributed by atoms with E-state index >= 15 is 0 Å². The molecule has 11 nitrogen and oxygen atoms in total. The van der Waals surface area contributed by atoms with Gasteiger partial charge in [0.2, 0.25) is 0 Å². The largest absolute Gasteiger partial charge is 0.378 e. The first-order valence-corrected chi connectivity index (χ1v) is 12.7. The highest BCUT2D eigenvalue weighted by Gasteiger charge is 2.22. The lowest BCUT2D eigenvalue weighted by molar-refractivity contribution is 0.0564. The van der Waals surface area contributed by atoms with Crippen molar-refractivity contribution in [3.05, 3.63) is 65.6 Å². The van der Waals surface area contributed by atoms with E-state index in [1.165, 1.54) is 0 Å². The molecule has 1 saturated heterocycles. The van der Waals surface area contributed by atoms with E-state index < -0.39 is 0 Å². The van der Waals surface area contributed by atoms with E-state index in [-0.39, 0.29) is 6.03 Å². The van der Waals surface area contributed by atoms with Crippen LogP contribution in [0.4, 0.5) is 10.5 Å². The Kier molecular flexibility index (Phi) is 6.52. The summed E-state index contributed by atoms with van der Waals surface area (Å²) in [5.41, 5.74) is 7.77. The van der Waals surface area contributed by atoms with Crippen LogP contribution >= 0.6 is 0 Å². The number of urea groups is 1. The average Bonchev–Trinajstić information content (AvgIpc) is 3.38. The summed E-state index contributed by atoms with van der Waals surface area (Å²) in [5, 5.41) is 2.95. The van der Waals surface area contributed by atoms with Crippen molar-refractivity contribution in [1.82, 2.24) is 34.7 Å². The first-order chi connectivity index (χ1) is 18.5. The summed E-state index contributed by atoms with van der Waals surface area (Å²) in [6, 6.07) is 5.84. The number of pyridine rings is 3. The lowest BCUT2D eigenvalue weighted by Crippen LogP contribution is -2.43. The molecule has 2 amide bonds. The fourth-order valence-electron chi connectivity index (χ4n) is 4.80. The number of nitrogens with one attached hydrogen (secondary N) is 2. The molecule has 0 aliphatic carbocycles. The molecule has 0 spiro atoms. The Hall–Kier alpha value is -4.22. The van der Waals surface area contributed by atoms with Gasteiger partial charge in [-0.05, 0) is 37.9 Å². The molecule has 4 aromatic heterocycles. The maximum Gasteiger partial charge on any atom is 0.322 e. The maximum absolute atomic E-state index is 12.6. The number of nitrogens with zero attached hydrogens (tertiary/aromatic N) is 7. The third-order valence-corrected chi connectivity index (χ3v) is 6.65. The number of ether oxygens (including phenoxy) is 1. The number of aromatic amines is 1. The third kappa shape index (κ3) is 4.85. The standard InChI is InChI=1S/C27H29N9O2/c1-35(2)16-17-3-5-30-25-23(17)33-26(34-25)24-21-12-19(14-31-22(21)4-6-29-24)18-11-20(15-28-13-18)32-27(37)36-7-9-38-10-8-36/h3,5,11-15H,4,6-10,16H2,1-2H3,(H,32,37)(H,30,33,34). The van der Waals surface area contributed by atoms with E-state index in [4.69, 9.17) is 19.7 Å². The molecular weight excluding hydrogens is 482 g/mol. The van der Waals surface area contributed by atoms with E-state index in [1.807, 2.05) is 32.4 Å². The molecule has 38 heavy (non-hydrogen) atoms. The van der Waals surface area contributed by atoms with Gasteiger partial charge in [0, 0.05) is 67.9 Å². The van der Waals surface area contributed by atoms with Crippen molar-refractivity contribution in [1.29, 1.82) is 0 Å². The summed E-state index contributed by atoms with van der Waals surface area (Å²) in [4.78, 5) is 43.2. The summed E-state index contributed by atoms with van der Waals surface area (Å²) in [7, 11) is 4.08. The van der Waals surface area contributed by atoms with Crippen molar-refractivity contribution >= 4 is 28.6 Å². The number of imidazole rings is 1. The molecule has 4 aromatic rings. The predicted molar refractivity (Wildman–Crippen MR) is 144 cm³/mol. The number of aromatic nitrogens is 5. The van der Waals surface area contributed by atoms with Gasteiger partial charge in [-0.15, -0.1) is 0 Å². The van der Waals surface area contributed by atoms with Gasteiger partial charge in [-0.1, -0.05) is 0 Å². The molecule has 0 aromatic carbocycles. The molecule has 194 valence electrons. The molecule has 11 heteroatoms. The molecule has 0 unspecified atom stereocenters. The zero-order valence-electron chi connectivity index (χ0n) is 21.4. The van der Waals surface area contributed by atoms with Crippen LogP contribution in [-0.4, -0.2) is 93.4 Å². The zero-order chi connectivity index (χ0) is 26.1. The van der Waals surface area contributed by atoms with Crippen LogP contribution in [0.25, 0.3) is 22.3 Å². The van der Waals surface area contributed by atoms with E-state index in [0.717, 1.165) is 52.1 Å². The fourth-order valence-corrected chi connectivity index (χ4v) is 4.80. The summed E-state index contributed by atoms with van der Waals surface area (Å²) < 4.78 is 5.34. The number of H-pyrrole nitrogens is 1. The molecule has 0 bridgehead atoms. The van der Waals surface area contributed by atoms with Gasteiger partial charge in [0.1, 0.15) is 5.71 Å². The molecule has 2 aliphatic heterocycles. The topological polar surface area (TPSA) is 125 Å². The van der Waals surface area contributed by atoms with Crippen molar-refractivity contribution in [2.75, 3.05) is 52.3 Å². The molecule has 2 N–H and O–H groups in total. The van der Waals surface area contributed by atoms with Gasteiger partial charge in [-0.2, -0.15) is 0 Å². The van der Waals surface area contributed by atoms with Crippen LogP contribution in [0.1, 0.15) is 22.6 Å². The predicted octanol–water partition coefficient (Wildman–Crippen LogP) is 2.73. The average molecular weight is 512 g/mol. The Bertz CT molecular complexity index is 1520. The van der Waals surface area contributed by atoms with Crippen LogP contribution < -0.4 is 5.32 Å². The Morgan fingerprint density at radius 3 is 2.82 bits per heavy atom. The molecule has 2 aliphatic rings. The number of morpholine rings is 1. The molecule has 1 fully saturated rings. The molecule has 6 rings (SSSR count). The Labute approximate surface area is 220 Å². The van der Waals surface area contributed by atoms with Crippen LogP contribution in [0.2, 0.25) is 0 Å². The maximum atomic E-state index is 12.6. The number of carbonyl (C=O) groups excluding carboxylic acids is 1. The smallest absolute Gasteiger partial charge is 0.322 e. The minimum atomic E-state index is -0.155. The van der Waals surface area contributed by atoms with Crippen LogP contribution in [0.3, 0.4) is 0 Å². The van der Waals surface area contributed by atoms with Crippen LogP contribution in [0, 0.1) is 0 Å². The number of fused-ring (bicyclic) bond motifs is 2. The van der Waals surface area contributed by atoms with Gasteiger partial charge < -0.3 is 24.8 Å². The number of hydrogen-bond donors (Lipinski definition) is 2. The van der Waals surface area contributed by atoms with E-state index in [0.29, 0.717) is 50.0 Å². The van der Waals surface area contributed by atoms with Crippen molar-refractivity contribution in [3.8, 4) is 11.1 Å². The second-order valence-electron chi connectivity index (χ2n) is 9.68. The molecule has 6 heterocycles. The fraction of sp³-hybridized carbons (Fsp3) is 0.333. The lowest BCUT2D eigenvalue weighted by Gasteiger charge is -2.26. The van der Waals surface area contributed by atoms with Crippen LogP contribution in [0.15, 0.2) is 48.0 Å². The van der Waals surface area contributed by atoms with Crippen molar-refractivity contribution in [2.24, 2.45) is 4.99 Å². The summed E-state index contributed by atoms with van der Waals surface area (Å²) in [5.74, 6) is 0.684. The second kappa shape index (κ2) is 10.3. The quantitative estimate of drug-likeness (QED) is 0.422. The summed E-state index contributed by atoms with van der Waals surface area (Å²) in [6.45, 7) is 3.67. The Balaban J connectivity index is 1.30. The SMILES string of the molecule is CN(C)Cc1ccnc2nc(C3=NCCc4ncc(-c5cncc(NC(=O)N6CCOCC6)c5)cc43)[nH]c12.